The van der Waals surface area contributed by atoms with Crippen molar-refractivity contribution in [1.82, 2.24) is 0 Å². The van der Waals surface area contributed by atoms with Crippen LogP contribution in [0.25, 0.3) is 0 Å². The summed E-state index contributed by atoms with van der Waals surface area (Å²) in [6, 6.07) is 7.28. The predicted molar refractivity (Wildman–Crippen MR) is 51.9 cm³/mol. The first-order chi connectivity index (χ1) is 6.36. The van der Waals surface area contributed by atoms with Crippen molar-refractivity contribution < 1.29 is 9.53 Å². The van der Waals surface area contributed by atoms with Crippen LogP contribution in [0.4, 0.5) is 5.69 Å². The lowest BCUT2D eigenvalue weighted by atomic mass is 10.3. The second kappa shape index (κ2) is 5.19. The van der Waals surface area contributed by atoms with E-state index in [9.17, 15) is 4.79 Å². The maximum atomic E-state index is 10.1. The Balaban J connectivity index is 2.53. The zero-order valence-corrected chi connectivity index (χ0v) is 7.62. The Bertz CT molecular complexity index is 256. The molecule has 0 saturated carbocycles. The lowest BCUT2D eigenvalue weighted by Crippen LogP contribution is -1.96. The van der Waals surface area contributed by atoms with Crippen LogP contribution >= 0.6 is 0 Å². The largest absolute Gasteiger partial charge is 0.494 e. The molecule has 0 aliphatic rings. The molecule has 0 atom stereocenters. The molecule has 0 aromatic heterocycles. The van der Waals surface area contributed by atoms with Gasteiger partial charge in [-0.25, -0.2) is 0 Å². The van der Waals surface area contributed by atoms with E-state index < -0.39 is 0 Å². The predicted octanol–water partition coefficient (Wildman–Crippen LogP) is 2.04. The molecule has 13 heavy (non-hydrogen) atoms. The molecule has 70 valence electrons. The van der Waals surface area contributed by atoms with E-state index in [1.54, 1.807) is 12.1 Å². The number of benzene rings is 1. The minimum Gasteiger partial charge on any atom is -0.494 e. The molecule has 0 aliphatic heterocycles. The van der Waals surface area contributed by atoms with E-state index in [0.717, 1.165) is 24.5 Å². The van der Waals surface area contributed by atoms with Gasteiger partial charge in [-0.05, 0) is 30.7 Å². The number of nitrogens with one attached hydrogen (secondary N) is 1. The van der Waals surface area contributed by atoms with Crippen LogP contribution in [0.3, 0.4) is 0 Å². The highest BCUT2D eigenvalue weighted by molar-refractivity contribution is 5.71. The third-order valence-electron chi connectivity index (χ3n) is 1.55. The average Bonchev–Trinajstić information content (AvgIpc) is 2.17. The molecule has 1 rings (SSSR count). The van der Waals surface area contributed by atoms with Crippen molar-refractivity contribution in [3.63, 3.8) is 0 Å². The van der Waals surface area contributed by atoms with Crippen LogP contribution in [0.5, 0.6) is 5.75 Å². The lowest BCUT2D eigenvalue weighted by molar-refractivity contribution is -0.105. The molecule has 1 amide bonds. The quantitative estimate of drug-likeness (QED) is 0.702. The second-order valence-electron chi connectivity index (χ2n) is 2.64. The maximum absolute atomic E-state index is 10.1. The third-order valence-corrected chi connectivity index (χ3v) is 1.55. The van der Waals surface area contributed by atoms with E-state index in [4.69, 9.17) is 4.74 Å². The molecular formula is C10H13NO2. The number of carbonyl (C=O) groups is 1. The molecule has 0 unspecified atom stereocenters. The lowest BCUT2D eigenvalue weighted by Gasteiger charge is -2.04. The number of hydrogen-bond donors (Lipinski definition) is 1. The molecular weight excluding hydrogens is 166 g/mol. The van der Waals surface area contributed by atoms with Gasteiger partial charge in [-0.2, -0.15) is 0 Å². The average molecular weight is 179 g/mol. The molecule has 3 nitrogen and oxygen atoms in total. The fraction of sp³-hybridized carbons (Fsp3) is 0.300. The number of hydrogen-bond acceptors (Lipinski definition) is 2. The van der Waals surface area contributed by atoms with Crippen molar-refractivity contribution in [2.24, 2.45) is 0 Å². The summed E-state index contributed by atoms with van der Waals surface area (Å²) in [4.78, 5) is 10.1. The molecule has 0 fully saturated rings. The third kappa shape index (κ3) is 3.15. The summed E-state index contributed by atoms with van der Waals surface area (Å²) in [5.74, 6) is 0.832. The normalized spacial score (nSPS) is 9.31. The molecule has 0 bridgehead atoms. The Morgan fingerprint density at radius 2 is 2.08 bits per heavy atom. The second-order valence-corrected chi connectivity index (χ2v) is 2.64. The SMILES string of the molecule is CCCOc1ccc(NC=O)cc1. The molecule has 1 N–H and O–H groups in total. The van der Waals surface area contributed by atoms with Gasteiger partial charge >= 0.3 is 0 Å². The summed E-state index contributed by atoms with van der Waals surface area (Å²) in [7, 11) is 0. The van der Waals surface area contributed by atoms with Crippen LogP contribution < -0.4 is 10.1 Å². The fourth-order valence-corrected chi connectivity index (χ4v) is 0.935. The highest BCUT2D eigenvalue weighted by atomic mass is 16.5. The van der Waals surface area contributed by atoms with Gasteiger partial charge in [0, 0.05) is 5.69 Å². The zero-order valence-electron chi connectivity index (χ0n) is 7.62. The van der Waals surface area contributed by atoms with Gasteiger partial charge in [0.25, 0.3) is 0 Å². The van der Waals surface area contributed by atoms with E-state index in [0.29, 0.717) is 6.41 Å². The molecule has 0 aliphatic carbocycles. The van der Waals surface area contributed by atoms with Gasteiger partial charge < -0.3 is 10.1 Å². The topological polar surface area (TPSA) is 38.3 Å². The van der Waals surface area contributed by atoms with Gasteiger partial charge in [0.2, 0.25) is 6.41 Å². The highest BCUT2D eigenvalue weighted by Crippen LogP contribution is 2.14. The molecule has 3 heteroatoms. The van der Waals surface area contributed by atoms with Gasteiger partial charge in [0.1, 0.15) is 5.75 Å². The molecule has 0 heterocycles. The minimum atomic E-state index is 0.655. The first-order valence-electron chi connectivity index (χ1n) is 4.30. The summed E-state index contributed by atoms with van der Waals surface area (Å²) >= 11 is 0. The van der Waals surface area contributed by atoms with E-state index in [2.05, 4.69) is 12.2 Å². The van der Waals surface area contributed by atoms with Crippen LogP contribution in [-0.2, 0) is 4.79 Å². The van der Waals surface area contributed by atoms with Gasteiger partial charge in [-0.1, -0.05) is 6.92 Å². The number of ether oxygens (including phenoxy) is 1. The number of amides is 1. The molecule has 1 aromatic carbocycles. The van der Waals surface area contributed by atoms with Crippen molar-refractivity contribution in [2.75, 3.05) is 11.9 Å². The summed E-state index contributed by atoms with van der Waals surface area (Å²) in [5, 5.41) is 2.55. The summed E-state index contributed by atoms with van der Waals surface area (Å²) in [6.07, 6.45) is 1.65. The van der Waals surface area contributed by atoms with E-state index in [-0.39, 0.29) is 0 Å². The maximum Gasteiger partial charge on any atom is 0.211 e. The summed E-state index contributed by atoms with van der Waals surface area (Å²) in [6.45, 7) is 2.78. The van der Waals surface area contributed by atoms with E-state index >= 15 is 0 Å². The summed E-state index contributed by atoms with van der Waals surface area (Å²) in [5.41, 5.74) is 0.777. The monoisotopic (exact) mass is 179 g/mol. The standard InChI is InChI=1S/C10H13NO2/c1-2-7-13-10-5-3-9(4-6-10)11-8-12/h3-6,8H,2,7H2,1H3,(H,11,12). The molecule has 0 saturated heterocycles. The smallest absolute Gasteiger partial charge is 0.211 e. The van der Waals surface area contributed by atoms with Crippen molar-refractivity contribution in [3.05, 3.63) is 24.3 Å². The highest BCUT2D eigenvalue weighted by Gasteiger charge is 1.92. The number of carbonyl (C=O) groups excluding carboxylic acids is 1. The van der Waals surface area contributed by atoms with Crippen molar-refractivity contribution in [2.45, 2.75) is 13.3 Å². The van der Waals surface area contributed by atoms with Crippen LogP contribution in [0, 0.1) is 0 Å². The van der Waals surface area contributed by atoms with Crippen molar-refractivity contribution in [3.8, 4) is 5.75 Å². The fourth-order valence-electron chi connectivity index (χ4n) is 0.935. The first-order valence-corrected chi connectivity index (χ1v) is 4.30. The van der Waals surface area contributed by atoms with Gasteiger partial charge in [-0.3, -0.25) is 4.79 Å². The minimum absolute atomic E-state index is 0.655. The van der Waals surface area contributed by atoms with Gasteiger partial charge in [0.15, 0.2) is 0 Å². The van der Waals surface area contributed by atoms with Crippen molar-refractivity contribution >= 4 is 12.1 Å². The Morgan fingerprint density at radius 1 is 1.38 bits per heavy atom. The Morgan fingerprint density at radius 3 is 2.62 bits per heavy atom. The number of anilines is 1. The van der Waals surface area contributed by atoms with Gasteiger partial charge in [0.05, 0.1) is 6.61 Å². The van der Waals surface area contributed by atoms with Crippen LogP contribution in [0.15, 0.2) is 24.3 Å². The number of rotatable bonds is 5. The Kier molecular flexibility index (Phi) is 3.82. The van der Waals surface area contributed by atoms with Crippen molar-refractivity contribution in [1.29, 1.82) is 0 Å². The van der Waals surface area contributed by atoms with Crippen LogP contribution in [0.1, 0.15) is 13.3 Å². The molecule has 0 radical (unpaired) electrons. The zero-order chi connectivity index (χ0) is 9.52. The Labute approximate surface area is 77.7 Å². The van der Waals surface area contributed by atoms with Crippen LogP contribution in [0.2, 0.25) is 0 Å². The Hall–Kier alpha value is -1.51. The molecule has 1 aromatic rings. The van der Waals surface area contributed by atoms with Gasteiger partial charge in [-0.15, -0.1) is 0 Å². The van der Waals surface area contributed by atoms with E-state index in [1.807, 2.05) is 12.1 Å². The van der Waals surface area contributed by atoms with E-state index in [1.165, 1.54) is 0 Å². The summed E-state index contributed by atoms with van der Waals surface area (Å²) < 4.78 is 5.37. The first kappa shape index (κ1) is 9.58. The van der Waals surface area contributed by atoms with Crippen LogP contribution in [-0.4, -0.2) is 13.0 Å². The molecule has 0 spiro atoms.